The van der Waals surface area contributed by atoms with Crippen molar-refractivity contribution in [2.24, 2.45) is 0 Å². The summed E-state index contributed by atoms with van der Waals surface area (Å²) in [5.74, 6) is -1.06. The van der Waals surface area contributed by atoms with E-state index in [1.807, 2.05) is 5.32 Å². The maximum Gasteiger partial charge on any atom is 0.413 e. The van der Waals surface area contributed by atoms with E-state index in [1.54, 1.807) is 0 Å². The van der Waals surface area contributed by atoms with Crippen LogP contribution < -0.4 is 11.0 Å². The fraction of sp³-hybridized carbons (Fsp3) is 0.417. The molecule has 1 aliphatic heterocycles. The van der Waals surface area contributed by atoms with Crippen LogP contribution in [0.5, 0.6) is 0 Å². The van der Waals surface area contributed by atoms with Gasteiger partial charge in [-0.3, -0.25) is 9.88 Å². The molecule has 0 bridgehead atoms. The molecule has 0 spiro atoms. The summed E-state index contributed by atoms with van der Waals surface area (Å²) in [6.45, 7) is 3.10. The zero-order valence-corrected chi connectivity index (χ0v) is 12.2. The molecule has 1 fully saturated rings. The lowest BCUT2D eigenvalue weighted by Crippen LogP contribution is -2.30. The monoisotopic (exact) mass is 331 g/mol. The number of thioether (sulfide) groups is 1. The number of halogens is 1. The van der Waals surface area contributed by atoms with Crippen LogP contribution in [0.2, 0.25) is 0 Å². The molecule has 2 heterocycles. The number of aromatic nitrogens is 2. The van der Waals surface area contributed by atoms with Crippen LogP contribution in [0.15, 0.2) is 23.6 Å². The van der Waals surface area contributed by atoms with Gasteiger partial charge in [0.1, 0.15) is 18.3 Å². The zero-order valence-electron chi connectivity index (χ0n) is 11.4. The van der Waals surface area contributed by atoms with Crippen molar-refractivity contribution in [2.45, 2.75) is 11.7 Å². The van der Waals surface area contributed by atoms with Crippen LogP contribution in [-0.2, 0) is 9.47 Å². The van der Waals surface area contributed by atoms with E-state index in [9.17, 15) is 14.0 Å². The number of aliphatic hydroxyl groups is 1. The first-order valence-corrected chi connectivity index (χ1v) is 7.31. The van der Waals surface area contributed by atoms with E-state index in [0.29, 0.717) is 5.75 Å². The SMILES string of the molecule is C=CCOC(=O)Nc1nc(=O)n([C@@H]2CS[C@H](CO)O2)cc1F. The average Bonchev–Trinajstić information content (AvgIpc) is 2.97. The highest BCUT2D eigenvalue weighted by Gasteiger charge is 2.28. The van der Waals surface area contributed by atoms with Crippen LogP contribution >= 0.6 is 11.8 Å². The number of anilines is 1. The summed E-state index contributed by atoms with van der Waals surface area (Å²) in [7, 11) is 0. The van der Waals surface area contributed by atoms with Crippen molar-refractivity contribution in [1.29, 1.82) is 0 Å². The predicted molar refractivity (Wildman–Crippen MR) is 77.1 cm³/mol. The summed E-state index contributed by atoms with van der Waals surface area (Å²) in [4.78, 5) is 26.7. The number of hydrogen-bond donors (Lipinski definition) is 2. The fourth-order valence-electron chi connectivity index (χ4n) is 1.69. The Labute approximate surface area is 128 Å². The standard InChI is InChI=1S/C12H14FN3O5S/c1-2-3-20-12(19)15-10-7(13)4-16(11(18)14-10)8-6-22-9(5-17)21-8/h2,4,8-9,17H,1,3,5-6H2,(H,14,15,18,19)/t8-,9+/m0/s1. The van der Waals surface area contributed by atoms with E-state index in [0.717, 1.165) is 10.8 Å². The normalized spacial score (nSPS) is 20.6. The minimum atomic E-state index is -0.948. The Hall–Kier alpha value is -1.91. The Morgan fingerprint density at radius 3 is 3.18 bits per heavy atom. The number of nitrogens with one attached hydrogen (secondary N) is 1. The van der Waals surface area contributed by atoms with Crippen molar-refractivity contribution < 1.29 is 23.8 Å². The topological polar surface area (TPSA) is 103 Å². The van der Waals surface area contributed by atoms with Crippen molar-refractivity contribution in [3.8, 4) is 0 Å². The highest BCUT2D eigenvalue weighted by molar-refractivity contribution is 8.00. The van der Waals surface area contributed by atoms with Gasteiger partial charge in [0.2, 0.25) is 0 Å². The van der Waals surface area contributed by atoms with E-state index in [2.05, 4.69) is 16.3 Å². The largest absolute Gasteiger partial charge is 0.445 e. The maximum atomic E-state index is 13.9. The van der Waals surface area contributed by atoms with E-state index in [4.69, 9.17) is 9.84 Å². The average molecular weight is 331 g/mol. The molecular formula is C12H14FN3O5S. The van der Waals surface area contributed by atoms with E-state index in [1.165, 1.54) is 17.8 Å². The lowest BCUT2D eigenvalue weighted by Gasteiger charge is -2.14. The third-order valence-electron chi connectivity index (χ3n) is 2.65. The summed E-state index contributed by atoms with van der Waals surface area (Å²) >= 11 is 1.30. The molecule has 1 saturated heterocycles. The smallest absolute Gasteiger partial charge is 0.413 e. The summed E-state index contributed by atoms with van der Waals surface area (Å²) in [6.07, 6.45) is 0.562. The molecule has 0 aromatic carbocycles. The number of amides is 1. The summed E-state index contributed by atoms with van der Waals surface area (Å²) < 4.78 is 24.9. The molecule has 22 heavy (non-hydrogen) atoms. The van der Waals surface area contributed by atoms with Crippen molar-refractivity contribution in [3.63, 3.8) is 0 Å². The van der Waals surface area contributed by atoms with Crippen molar-refractivity contribution in [1.82, 2.24) is 9.55 Å². The number of rotatable bonds is 5. The Kier molecular flexibility index (Phi) is 5.52. The lowest BCUT2D eigenvalue weighted by molar-refractivity contribution is -0.00677. The van der Waals surface area contributed by atoms with Crippen LogP contribution in [-0.4, -0.2) is 45.2 Å². The Morgan fingerprint density at radius 2 is 2.55 bits per heavy atom. The second-order valence-electron chi connectivity index (χ2n) is 4.18. The van der Waals surface area contributed by atoms with Crippen molar-refractivity contribution in [2.75, 3.05) is 24.3 Å². The molecule has 0 unspecified atom stereocenters. The molecule has 0 saturated carbocycles. The van der Waals surface area contributed by atoms with E-state index < -0.39 is 35.1 Å². The van der Waals surface area contributed by atoms with Crippen LogP contribution in [0.3, 0.4) is 0 Å². The van der Waals surface area contributed by atoms with Crippen LogP contribution in [0.25, 0.3) is 0 Å². The van der Waals surface area contributed by atoms with Gasteiger partial charge in [0, 0.05) is 5.75 Å². The van der Waals surface area contributed by atoms with Gasteiger partial charge in [-0.1, -0.05) is 12.7 Å². The lowest BCUT2D eigenvalue weighted by atomic mass is 10.5. The van der Waals surface area contributed by atoms with Gasteiger partial charge in [-0.15, -0.1) is 11.8 Å². The van der Waals surface area contributed by atoms with Gasteiger partial charge in [0.25, 0.3) is 0 Å². The molecule has 1 aromatic rings. The predicted octanol–water partition coefficient (Wildman–Crippen LogP) is 0.697. The Morgan fingerprint density at radius 1 is 1.77 bits per heavy atom. The van der Waals surface area contributed by atoms with Gasteiger partial charge < -0.3 is 14.6 Å². The van der Waals surface area contributed by atoms with E-state index >= 15 is 0 Å². The number of nitrogens with zero attached hydrogens (tertiary/aromatic N) is 2. The Bertz CT molecular complexity index is 623. The molecule has 1 amide bonds. The minimum Gasteiger partial charge on any atom is -0.445 e. The number of aliphatic hydroxyl groups excluding tert-OH is 1. The first kappa shape index (κ1) is 16.5. The van der Waals surface area contributed by atoms with Gasteiger partial charge in [-0.2, -0.15) is 4.98 Å². The van der Waals surface area contributed by atoms with Crippen molar-refractivity contribution in [3.05, 3.63) is 35.2 Å². The molecule has 2 atom stereocenters. The third kappa shape index (κ3) is 3.84. The number of carbonyl (C=O) groups is 1. The van der Waals surface area contributed by atoms with Gasteiger partial charge in [-0.25, -0.2) is 14.0 Å². The molecule has 8 nitrogen and oxygen atoms in total. The van der Waals surface area contributed by atoms with E-state index in [-0.39, 0.29) is 13.2 Å². The summed E-state index contributed by atoms with van der Waals surface area (Å²) in [5.41, 5.74) is -1.25. The third-order valence-corrected chi connectivity index (χ3v) is 3.76. The summed E-state index contributed by atoms with van der Waals surface area (Å²) in [6, 6.07) is 0. The maximum absolute atomic E-state index is 13.9. The minimum absolute atomic E-state index is 0.0554. The van der Waals surface area contributed by atoms with Gasteiger partial charge in [0.05, 0.1) is 12.8 Å². The molecule has 0 aliphatic carbocycles. The molecule has 1 aliphatic rings. The summed E-state index contributed by atoms with van der Waals surface area (Å²) in [5, 5.41) is 11.0. The zero-order chi connectivity index (χ0) is 16.1. The molecule has 120 valence electrons. The highest BCUT2D eigenvalue weighted by atomic mass is 32.2. The molecule has 2 rings (SSSR count). The molecule has 10 heteroatoms. The quantitative estimate of drug-likeness (QED) is 0.766. The second kappa shape index (κ2) is 7.38. The van der Waals surface area contributed by atoms with Crippen molar-refractivity contribution >= 4 is 23.7 Å². The number of ether oxygens (including phenoxy) is 2. The number of carbonyl (C=O) groups excluding carboxylic acids is 1. The van der Waals surface area contributed by atoms with Crippen LogP contribution in [0.1, 0.15) is 6.23 Å². The van der Waals surface area contributed by atoms with Gasteiger partial charge in [0.15, 0.2) is 11.6 Å². The first-order chi connectivity index (χ1) is 10.5. The van der Waals surface area contributed by atoms with Gasteiger partial charge in [-0.05, 0) is 0 Å². The molecule has 0 radical (unpaired) electrons. The first-order valence-electron chi connectivity index (χ1n) is 6.26. The molecule has 2 N–H and O–H groups in total. The molecule has 1 aromatic heterocycles. The second-order valence-corrected chi connectivity index (χ2v) is 5.37. The van der Waals surface area contributed by atoms with Crippen LogP contribution in [0, 0.1) is 5.82 Å². The van der Waals surface area contributed by atoms with Gasteiger partial charge >= 0.3 is 11.8 Å². The number of hydrogen-bond acceptors (Lipinski definition) is 7. The highest BCUT2D eigenvalue weighted by Crippen LogP contribution is 2.30. The fourth-order valence-corrected chi connectivity index (χ4v) is 2.62. The Balaban J connectivity index is 2.13. The van der Waals surface area contributed by atoms with Crippen LogP contribution in [0.4, 0.5) is 15.0 Å². The molecular weight excluding hydrogens is 317 g/mol.